The predicted octanol–water partition coefficient (Wildman–Crippen LogP) is 1.31. The van der Waals surface area contributed by atoms with Gasteiger partial charge in [0.05, 0.1) is 6.61 Å². The molecule has 76 valence electrons. The first-order chi connectivity index (χ1) is 6.04. The highest BCUT2D eigenvalue weighted by molar-refractivity contribution is 5.77. The van der Waals surface area contributed by atoms with Gasteiger partial charge >= 0.3 is 5.97 Å². The number of nitrogens with two attached hydrogens (primary N) is 1. The average Bonchev–Trinajstić information content (AvgIpc) is 2.83. The topological polar surface area (TPSA) is 52.3 Å². The zero-order valence-electron chi connectivity index (χ0n) is 8.67. The summed E-state index contributed by atoms with van der Waals surface area (Å²) in [5, 5.41) is 0. The Labute approximate surface area is 79.6 Å². The van der Waals surface area contributed by atoms with Crippen LogP contribution in [-0.4, -0.2) is 18.6 Å². The van der Waals surface area contributed by atoms with Crippen molar-refractivity contribution in [3.05, 3.63) is 0 Å². The van der Waals surface area contributed by atoms with Gasteiger partial charge in [0.25, 0.3) is 0 Å². The number of carbonyl (C=O) groups excluding carboxylic acids is 1. The molecule has 1 fully saturated rings. The third-order valence-corrected chi connectivity index (χ3v) is 3.14. The zero-order valence-corrected chi connectivity index (χ0v) is 8.67. The molecule has 0 aliphatic heterocycles. The molecule has 0 aromatic carbocycles. The quantitative estimate of drug-likeness (QED) is 0.672. The van der Waals surface area contributed by atoms with E-state index in [-0.39, 0.29) is 11.4 Å². The standard InChI is InChI=1S/C10H19NO2/c1-4-13-9(12)8(11)10(5-6-10)7(2)3/h7-8H,4-6,11H2,1-3H3. The molecule has 3 nitrogen and oxygen atoms in total. The van der Waals surface area contributed by atoms with Crippen molar-refractivity contribution in [2.75, 3.05) is 6.61 Å². The van der Waals surface area contributed by atoms with Crippen molar-refractivity contribution in [2.45, 2.75) is 39.7 Å². The molecule has 0 aromatic rings. The lowest BCUT2D eigenvalue weighted by molar-refractivity contribution is -0.147. The van der Waals surface area contributed by atoms with Crippen molar-refractivity contribution < 1.29 is 9.53 Å². The van der Waals surface area contributed by atoms with E-state index in [0.29, 0.717) is 12.5 Å². The maximum Gasteiger partial charge on any atom is 0.323 e. The molecule has 0 saturated heterocycles. The van der Waals surface area contributed by atoms with Crippen LogP contribution in [0.1, 0.15) is 33.6 Å². The smallest absolute Gasteiger partial charge is 0.323 e. The molecule has 0 aromatic heterocycles. The van der Waals surface area contributed by atoms with Crippen LogP contribution in [-0.2, 0) is 9.53 Å². The molecular weight excluding hydrogens is 166 g/mol. The summed E-state index contributed by atoms with van der Waals surface area (Å²) < 4.78 is 4.92. The van der Waals surface area contributed by atoms with Gasteiger partial charge in [-0.2, -0.15) is 0 Å². The van der Waals surface area contributed by atoms with E-state index in [2.05, 4.69) is 13.8 Å². The Hall–Kier alpha value is -0.570. The van der Waals surface area contributed by atoms with E-state index in [1.807, 2.05) is 0 Å². The Balaban J connectivity index is 2.56. The van der Waals surface area contributed by atoms with Gasteiger partial charge < -0.3 is 10.5 Å². The molecular formula is C10H19NO2. The maximum absolute atomic E-state index is 11.4. The lowest BCUT2D eigenvalue weighted by Gasteiger charge is -2.25. The van der Waals surface area contributed by atoms with E-state index in [1.165, 1.54) is 0 Å². The fourth-order valence-corrected chi connectivity index (χ4v) is 1.86. The van der Waals surface area contributed by atoms with E-state index in [4.69, 9.17) is 10.5 Å². The number of carbonyl (C=O) groups is 1. The maximum atomic E-state index is 11.4. The van der Waals surface area contributed by atoms with Gasteiger partial charge in [-0.15, -0.1) is 0 Å². The van der Waals surface area contributed by atoms with Crippen LogP contribution in [0.2, 0.25) is 0 Å². The van der Waals surface area contributed by atoms with Crippen molar-refractivity contribution in [2.24, 2.45) is 17.1 Å². The van der Waals surface area contributed by atoms with Crippen molar-refractivity contribution in [1.82, 2.24) is 0 Å². The van der Waals surface area contributed by atoms with Crippen LogP contribution in [0.25, 0.3) is 0 Å². The third-order valence-electron chi connectivity index (χ3n) is 3.14. The summed E-state index contributed by atoms with van der Waals surface area (Å²) in [7, 11) is 0. The van der Waals surface area contributed by atoms with E-state index in [0.717, 1.165) is 12.8 Å². The van der Waals surface area contributed by atoms with Gasteiger partial charge in [0.2, 0.25) is 0 Å². The second-order valence-corrected chi connectivity index (χ2v) is 4.12. The Morgan fingerprint density at radius 2 is 2.08 bits per heavy atom. The summed E-state index contributed by atoms with van der Waals surface area (Å²) >= 11 is 0. The molecule has 1 saturated carbocycles. The van der Waals surface area contributed by atoms with Crippen molar-refractivity contribution in [3.8, 4) is 0 Å². The van der Waals surface area contributed by atoms with Crippen LogP contribution in [0.4, 0.5) is 0 Å². The largest absolute Gasteiger partial charge is 0.465 e. The highest BCUT2D eigenvalue weighted by Crippen LogP contribution is 2.54. The number of ether oxygens (including phenoxy) is 1. The summed E-state index contributed by atoms with van der Waals surface area (Å²) in [4.78, 5) is 11.4. The normalized spacial score (nSPS) is 21.3. The van der Waals surface area contributed by atoms with Gasteiger partial charge in [0.1, 0.15) is 6.04 Å². The molecule has 0 heterocycles. The summed E-state index contributed by atoms with van der Waals surface area (Å²) in [5.41, 5.74) is 5.90. The molecule has 1 unspecified atom stereocenters. The van der Waals surface area contributed by atoms with Gasteiger partial charge in [-0.1, -0.05) is 13.8 Å². The Kier molecular flexibility index (Phi) is 2.96. The SMILES string of the molecule is CCOC(=O)C(N)C1(C(C)C)CC1. The molecule has 3 heteroatoms. The minimum atomic E-state index is -0.424. The summed E-state index contributed by atoms with van der Waals surface area (Å²) in [6, 6.07) is -0.424. The second-order valence-electron chi connectivity index (χ2n) is 4.12. The Morgan fingerprint density at radius 1 is 1.54 bits per heavy atom. The van der Waals surface area contributed by atoms with E-state index in [1.54, 1.807) is 6.92 Å². The second kappa shape index (κ2) is 3.66. The van der Waals surface area contributed by atoms with Gasteiger partial charge in [-0.3, -0.25) is 4.79 Å². The van der Waals surface area contributed by atoms with E-state index < -0.39 is 6.04 Å². The molecule has 0 amide bonds. The molecule has 1 rings (SSSR count). The highest BCUT2D eigenvalue weighted by Gasteiger charge is 2.53. The summed E-state index contributed by atoms with van der Waals surface area (Å²) in [6.07, 6.45) is 2.12. The molecule has 0 bridgehead atoms. The van der Waals surface area contributed by atoms with Gasteiger partial charge in [-0.05, 0) is 31.1 Å². The summed E-state index contributed by atoms with van der Waals surface area (Å²) in [6.45, 7) is 6.46. The Morgan fingerprint density at radius 3 is 2.38 bits per heavy atom. The van der Waals surface area contributed by atoms with Crippen LogP contribution >= 0.6 is 0 Å². The zero-order chi connectivity index (χ0) is 10.1. The van der Waals surface area contributed by atoms with E-state index in [9.17, 15) is 4.79 Å². The predicted molar refractivity (Wildman–Crippen MR) is 51.1 cm³/mol. The van der Waals surface area contributed by atoms with E-state index >= 15 is 0 Å². The highest BCUT2D eigenvalue weighted by atomic mass is 16.5. The number of hydrogen-bond donors (Lipinski definition) is 1. The Bertz CT molecular complexity index is 197. The minimum absolute atomic E-state index is 0.0340. The van der Waals surface area contributed by atoms with Crippen molar-refractivity contribution in [3.63, 3.8) is 0 Å². The lowest BCUT2D eigenvalue weighted by atomic mass is 9.85. The first-order valence-electron chi connectivity index (χ1n) is 4.97. The van der Waals surface area contributed by atoms with Crippen LogP contribution < -0.4 is 5.73 Å². The molecule has 1 aliphatic carbocycles. The van der Waals surface area contributed by atoms with Gasteiger partial charge in [0.15, 0.2) is 0 Å². The average molecular weight is 185 g/mol. The monoisotopic (exact) mass is 185 g/mol. The summed E-state index contributed by atoms with van der Waals surface area (Å²) in [5.74, 6) is 0.223. The number of rotatable bonds is 4. The molecule has 1 atom stereocenters. The molecule has 0 spiro atoms. The number of hydrogen-bond acceptors (Lipinski definition) is 3. The van der Waals surface area contributed by atoms with Crippen molar-refractivity contribution in [1.29, 1.82) is 0 Å². The molecule has 13 heavy (non-hydrogen) atoms. The van der Waals surface area contributed by atoms with Gasteiger partial charge in [-0.25, -0.2) is 0 Å². The lowest BCUT2D eigenvalue weighted by Crippen LogP contribution is -2.43. The van der Waals surface area contributed by atoms with Crippen molar-refractivity contribution >= 4 is 5.97 Å². The fourth-order valence-electron chi connectivity index (χ4n) is 1.86. The first kappa shape index (κ1) is 10.5. The van der Waals surface area contributed by atoms with Crippen LogP contribution in [0.3, 0.4) is 0 Å². The minimum Gasteiger partial charge on any atom is -0.465 e. The number of esters is 1. The van der Waals surface area contributed by atoms with Crippen LogP contribution in [0.5, 0.6) is 0 Å². The molecule has 2 N–H and O–H groups in total. The fraction of sp³-hybridized carbons (Fsp3) is 0.900. The molecule has 0 radical (unpaired) electrons. The third kappa shape index (κ3) is 1.85. The van der Waals surface area contributed by atoms with Crippen LogP contribution in [0.15, 0.2) is 0 Å². The first-order valence-corrected chi connectivity index (χ1v) is 4.97. The van der Waals surface area contributed by atoms with Crippen LogP contribution in [0, 0.1) is 11.3 Å². The molecule has 1 aliphatic rings. The van der Waals surface area contributed by atoms with Gasteiger partial charge in [0, 0.05) is 0 Å².